The van der Waals surface area contributed by atoms with Gasteiger partial charge in [0.2, 0.25) is 0 Å². The number of nitrogens with two attached hydrogens (primary N) is 3. The Morgan fingerprint density at radius 1 is 0.548 bits per heavy atom. The molecule has 7 heteroatoms. The summed E-state index contributed by atoms with van der Waals surface area (Å²) in [5.41, 5.74) is 21.2. The van der Waals surface area contributed by atoms with Crippen LogP contribution in [0.2, 0.25) is 0 Å². The molecule has 0 fully saturated rings. The van der Waals surface area contributed by atoms with Gasteiger partial charge < -0.3 is 17.2 Å². The molecule has 0 bridgehead atoms. The van der Waals surface area contributed by atoms with E-state index in [-0.39, 0.29) is 5.82 Å². The third-order valence-corrected chi connectivity index (χ3v) is 4.58. The van der Waals surface area contributed by atoms with Crippen LogP contribution in [0, 0.1) is 0 Å². The number of para-hydroxylation sites is 2. The van der Waals surface area contributed by atoms with Gasteiger partial charge >= 0.3 is 0 Å². The highest BCUT2D eigenvalue weighted by atomic mass is 15.1. The van der Waals surface area contributed by atoms with Gasteiger partial charge in [-0.25, -0.2) is 9.97 Å². The second-order valence-electron chi connectivity index (χ2n) is 6.74. The topological polar surface area (TPSA) is 129 Å². The van der Waals surface area contributed by atoms with E-state index in [1.54, 1.807) is 12.1 Å². The molecule has 0 atom stereocenters. The van der Waals surface area contributed by atoms with Crippen LogP contribution in [0.4, 0.5) is 28.7 Å². The molecule has 3 aromatic carbocycles. The largest absolute Gasteiger partial charge is 0.398 e. The Balaban J connectivity index is 0.000000149. The van der Waals surface area contributed by atoms with Crippen molar-refractivity contribution < 1.29 is 0 Å². The van der Waals surface area contributed by atoms with Gasteiger partial charge in [0.05, 0.1) is 22.4 Å². The molecule has 0 aliphatic carbocycles. The lowest BCUT2D eigenvalue weighted by molar-refractivity contribution is 1.21. The smallest absolute Gasteiger partial charge is 0.153 e. The highest BCUT2D eigenvalue weighted by molar-refractivity contribution is 6.06. The molecule has 6 N–H and O–H groups in total. The zero-order valence-electron chi connectivity index (χ0n) is 16.7. The quantitative estimate of drug-likeness (QED) is 0.258. The van der Waals surface area contributed by atoms with Crippen LogP contribution in [-0.2, 0) is 0 Å². The lowest BCUT2D eigenvalue weighted by Crippen LogP contribution is -1.95. The summed E-state index contributed by atoms with van der Waals surface area (Å²) in [6.07, 6.45) is 0. The van der Waals surface area contributed by atoms with Gasteiger partial charge in [-0.2, -0.15) is 5.11 Å². The van der Waals surface area contributed by atoms with E-state index in [1.807, 2.05) is 78.9 Å². The molecule has 0 aliphatic rings. The first-order valence-corrected chi connectivity index (χ1v) is 9.63. The number of hydrogen-bond donors (Lipinski definition) is 3. The van der Waals surface area contributed by atoms with Gasteiger partial charge in [-0.3, -0.25) is 0 Å². The highest BCUT2D eigenvalue weighted by Gasteiger charge is 2.04. The van der Waals surface area contributed by atoms with Gasteiger partial charge in [0.1, 0.15) is 11.5 Å². The zero-order chi connectivity index (χ0) is 21.6. The van der Waals surface area contributed by atoms with Crippen molar-refractivity contribution in [1.29, 1.82) is 0 Å². The van der Waals surface area contributed by atoms with Crippen LogP contribution in [-0.4, -0.2) is 9.97 Å². The number of rotatable bonds is 2. The van der Waals surface area contributed by atoms with Crippen molar-refractivity contribution in [2.45, 2.75) is 0 Å². The number of nitrogens with zero attached hydrogens (tertiary/aromatic N) is 4. The van der Waals surface area contributed by atoms with Crippen molar-refractivity contribution in [2.75, 3.05) is 17.2 Å². The number of azo groups is 1. The number of nitrogen functional groups attached to an aromatic ring is 3. The molecule has 0 saturated carbocycles. The van der Waals surface area contributed by atoms with Gasteiger partial charge in [-0.05, 0) is 36.4 Å². The van der Waals surface area contributed by atoms with E-state index in [1.165, 1.54) is 0 Å². The van der Waals surface area contributed by atoms with Crippen LogP contribution in [0.25, 0.3) is 21.8 Å². The molecule has 0 amide bonds. The molecule has 2 heterocycles. The fourth-order valence-corrected chi connectivity index (χ4v) is 3.05. The van der Waals surface area contributed by atoms with Gasteiger partial charge in [0.15, 0.2) is 5.82 Å². The number of benzene rings is 3. The summed E-state index contributed by atoms with van der Waals surface area (Å²) in [5.74, 6) is 0.649. The maximum absolute atomic E-state index is 6.11. The summed E-state index contributed by atoms with van der Waals surface area (Å²) >= 11 is 0. The van der Waals surface area contributed by atoms with E-state index in [9.17, 15) is 0 Å². The van der Waals surface area contributed by atoms with Gasteiger partial charge in [-0.1, -0.05) is 54.6 Å². The van der Waals surface area contributed by atoms with E-state index in [0.717, 1.165) is 33.2 Å². The van der Waals surface area contributed by atoms with Crippen LogP contribution < -0.4 is 17.2 Å². The molecule has 7 nitrogen and oxygen atoms in total. The second-order valence-corrected chi connectivity index (χ2v) is 6.74. The zero-order valence-corrected chi connectivity index (χ0v) is 16.7. The van der Waals surface area contributed by atoms with E-state index in [2.05, 4.69) is 20.2 Å². The van der Waals surface area contributed by atoms with Crippen LogP contribution >= 0.6 is 0 Å². The van der Waals surface area contributed by atoms with Gasteiger partial charge in [0, 0.05) is 10.8 Å². The molecular formula is C24H21N7. The number of pyridine rings is 2. The highest BCUT2D eigenvalue weighted by Crippen LogP contribution is 2.27. The van der Waals surface area contributed by atoms with Crippen molar-refractivity contribution in [3.8, 4) is 0 Å². The minimum absolute atomic E-state index is 0.277. The molecule has 0 spiro atoms. The molecule has 0 radical (unpaired) electrons. The first kappa shape index (κ1) is 19.8. The molecule has 0 unspecified atom stereocenters. The molecule has 31 heavy (non-hydrogen) atoms. The number of aromatic nitrogens is 2. The summed E-state index contributed by atoms with van der Waals surface area (Å²) < 4.78 is 0. The van der Waals surface area contributed by atoms with Crippen molar-refractivity contribution in [2.24, 2.45) is 10.2 Å². The molecule has 2 aromatic heterocycles. The minimum atomic E-state index is 0.277. The predicted molar refractivity (Wildman–Crippen MR) is 127 cm³/mol. The third kappa shape index (κ3) is 4.56. The predicted octanol–water partition coefficient (Wildman–Crippen LogP) is 5.63. The Morgan fingerprint density at radius 3 is 1.74 bits per heavy atom. The summed E-state index contributed by atoms with van der Waals surface area (Å²) in [4.78, 5) is 8.45. The van der Waals surface area contributed by atoms with E-state index in [0.29, 0.717) is 11.5 Å². The summed E-state index contributed by atoms with van der Waals surface area (Å²) in [5, 5.41) is 10.1. The maximum atomic E-state index is 6.11. The number of fused-ring (bicyclic) bond motifs is 2. The fourth-order valence-electron chi connectivity index (χ4n) is 3.05. The average molecular weight is 407 g/mol. The molecule has 152 valence electrons. The summed E-state index contributed by atoms with van der Waals surface area (Å²) in [6.45, 7) is 0. The van der Waals surface area contributed by atoms with Gasteiger partial charge in [0.25, 0.3) is 0 Å². The normalized spacial score (nSPS) is 10.8. The monoisotopic (exact) mass is 407 g/mol. The lowest BCUT2D eigenvalue weighted by Gasteiger charge is -2.05. The number of anilines is 3. The van der Waals surface area contributed by atoms with E-state index in [4.69, 9.17) is 17.2 Å². The van der Waals surface area contributed by atoms with Crippen molar-refractivity contribution in [3.05, 3.63) is 91.0 Å². The Hall–Kier alpha value is -4.52. The molecule has 5 aromatic rings. The SMILES string of the molecule is Nc1c2ccccc2nc2ccccc12.Nc1ccc(N=Nc2ccccc2)c(N)n1. The summed E-state index contributed by atoms with van der Waals surface area (Å²) in [7, 11) is 0. The number of hydrogen-bond acceptors (Lipinski definition) is 7. The third-order valence-electron chi connectivity index (χ3n) is 4.58. The first-order valence-electron chi connectivity index (χ1n) is 9.63. The molecular weight excluding hydrogens is 386 g/mol. The Bertz CT molecular complexity index is 1310. The molecule has 0 saturated heterocycles. The lowest BCUT2D eigenvalue weighted by atomic mass is 10.1. The van der Waals surface area contributed by atoms with Crippen LogP contribution in [0.1, 0.15) is 0 Å². The first-order chi connectivity index (χ1) is 15.1. The van der Waals surface area contributed by atoms with E-state index >= 15 is 0 Å². The minimum Gasteiger partial charge on any atom is -0.398 e. The molecule has 0 aliphatic heterocycles. The average Bonchev–Trinajstić information content (AvgIpc) is 2.80. The van der Waals surface area contributed by atoms with Crippen LogP contribution in [0.5, 0.6) is 0 Å². The Labute approximate surface area is 179 Å². The van der Waals surface area contributed by atoms with Gasteiger partial charge in [-0.15, -0.1) is 5.11 Å². The van der Waals surface area contributed by atoms with Crippen LogP contribution in [0.3, 0.4) is 0 Å². The second kappa shape index (κ2) is 8.87. The summed E-state index contributed by atoms with van der Waals surface area (Å²) in [6, 6.07) is 28.6. The van der Waals surface area contributed by atoms with Crippen LogP contribution in [0.15, 0.2) is 101 Å². The van der Waals surface area contributed by atoms with Crippen molar-refractivity contribution in [1.82, 2.24) is 9.97 Å². The fraction of sp³-hybridized carbons (Fsp3) is 0. The maximum Gasteiger partial charge on any atom is 0.153 e. The Kier molecular flexibility index (Phi) is 5.66. The van der Waals surface area contributed by atoms with Crippen molar-refractivity contribution >= 4 is 50.5 Å². The van der Waals surface area contributed by atoms with E-state index < -0.39 is 0 Å². The van der Waals surface area contributed by atoms with Crippen molar-refractivity contribution in [3.63, 3.8) is 0 Å². The Morgan fingerprint density at radius 2 is 1.13 bits per heavy atom. The standard InChI is InChI=1S/C13H10N2.C11H11N5/c14-13-9-5-1-3-7-11(9)15-12-8-4-2-6-10(12)13;12-10-7-6-9(11(13)14-10)16-15-8-4-2-1-3-5-8/h1-8H,(H2,14,15);1-7H,(H4,12,13,14). The molecule has 5 rings (SSSR count).